The molecule has 0 rings (SSSR count). The average Bonchev–Trinajstić information content (AvgIpc) is 1.96. The summed E-state index contributed by atoms with van der Waals surface area (Å²) < 4.78 is 0. The number of hydrogen-bond donors (Lipinski definition) is 0. The molecular weight excluding hydrogens is 146 g/mol. The van der Waals surface area contributed by atoms with E-state index in [2.05, 4.69) is 31.7 Å². The number of allylic oxidation sites excluding steroid dienone is 1. The van der Waals surface area contributed by atoms with Gasteiger partial charge in [0.25, 0.3) is 6.07 Å². The minimum Gasteiger partial charge on any atom is -0.0640 e. The Hall–Kier alpha value is -0.770. The van der Waals surface area contributed by atoms with E-state index in [4.69, 9.17) is 0 Å². The summed E-state index contributed by atoms with van der Waals surface area (Å²) in [5.74, 6) is 1.14. The van der Waals surface area contributed by atoms with Gasteiger partial charge in [-0.3, -0.25) is 0 Å². The standard InChI is InChI=1S/C11H20N/c1-6-11(10(4)5)8-12-7-9(2)3/h7,10-11H,6H2,1-5H3/q+1. The highest BCUT2D eigenvalue weighted by molar-refractivity contribution is 5.07. The van der Waals surface area contributed by atoms with Gasteiger partial charge in [-0.1, -0.05) is 20.8 Å². The largest absolute Gasteiger partial charge is 0.304 e. The van der Waals surface area contributed by atoms with Crippen molar-refractivity contribution in [2.75, 3.05) is 0 Å². The van der Waals surface area contributed by atoms with Crippen LogP contribution in [-0.2, 0) is 0 Å². The summed E-state index contributed by atoms with van der Waals surface area (Å²) in [6.45, 7) is 10.7. The van der Waals surface area contributed by atoms with E-state index in [0.29, 0.717) is 11.8 Å². The Morgan fingerprint density at radius 1 is 1.42 bits per heavy atom. The van der Waals surface area contributed by atoms with Crippen molar-refractivity contribution in [3.63, 3.8) is 0 Å². The molecule has 0 N–H and O–H groups in total. The summed E-state index contributed by atoms with van der Waals surface area (Å²) in [7, 11) is 0. The van der Waals surface area contributed by atoms with Gasteiger partial charge in [0.15, 0.2) is 0 Å². The van der Waals surface area contributed by atoms with E-state index in [1.54, 1.807) is 0 Å². The summed E-state index contributed by atoms with van der Waals surface area (Å²) in [5.41, 5.74) is 1.22. The summed E-state index contributed by atoms with van der Waals surface area (Å²) in [6.07, 6.45) is 2.99. The fraction of sp³-hybridized carbons (Fsp3) is 0.727. The van der Waals surface area contributed by atoms with Gasteiger partial charge in [-0.2, -0.15) is 0 Å². The van der Waals surface area contributed by atoms with Crippen molar-refractivity contribution in [1.82, 2.24) is 0 Å². The van der Waals surface area contributed by atoms with Crippen LogP contribution in [0.2, 0.25) is 0 Å². The third-order valence-electron chi connectivity index (χ3n) is 1.81. The van der Waals surface area contributed by atoms with Gasteiger partial charge >= 0.3 is 6.20 Å². The lowest BCUT2D eigenvalue weighted by atomic mass is 9.95. The van der Waals surface area contributed by atoms with E-state index in [1.165, 1.54) is 5.57 Å². The molecule has 0 spiro atoms. The van der Waals surface area contributed by atoms with Gasteiger partial charge in [0, 0.05) is 5.57 Å². The second-order valence-corrected chi connectivity index (χ2v) is 3.72. The van der Waals surface area contributed by atoms with Crippen LogP contribution in [0.3, 0.4) is 0 Å². The van der Waals surface area contributed by atoms with Crippen LogP contribution in [0.5, 0.6) is 0 Å². The second-order valence-electron chi connectivity index (χ2n) is 3.72. The fourth-order valence-corrected chi connectivity index (χ4v) is 0.974. The van der Waals surface area contributed by atoms with Gasteiger partial charge in [0.05, 0.1) is 5.92 Å². The van der Waals surface area contributed by atoms with Gasteiger partial charge in [0.2, 0.25) is 0 Å². The molecule has 12 heavy (non-hydrogen) atoms. The molecule has 0 radical (unpaired) electrons. The molecule has 0 aromatic carbocycles. The average molecular weight is 166 g/mol. The van der Waals surface area contributed by atoms with Crippen molar-refractivity contribution in [3.05, 3.63) is 16.6 Å². The highest BCUT2D eigenvalue weighted by atomic mass is 14.6. The van der Waals surface area contributed by atoms with Gasteiger partial charge in [-0.15, -0.1) is 0 Å². The molecule has 1 atom stereocenters. The Balaban J connectivity index is 4.16. The Kier molecular flexibility index (Phi) is 5.45. The molecule has 0 amide bonds. The molecule has 0 bridgehead atoms. The normalized spacial score (nSPS) is 11.8. The van der Waals surface area contributed by atoms with Crippen molar-refractivity contribution < 1.29 is 0 Å². The molecule has 0 fully saturated rings. The Morgan fingerprint density at radius 3 is 2.33 bits per heavy atom. The van der Waals surface area contributed by atoms with Crippen LogP contribution in [0.1, 0.15) is 41.0 Å². The van der Waals surface area contributed by atoms with E-state index in [9.17, 15) is 0 Å². The van der Waals surface area contributed by atoms with Crippen molar-refractivity contribution in [2.45, 2.75) is 41.0 Å². The van der Waals surface area contributed by atoms with Gasteiger partial charge < -0.3 is 0 Å². The van der Waals surface area contributed by atoms with E-state index in [0.717, 1.165) is 6.42 Å². The van der Waals surface area contributed by atoms with Gasteiger partial charge in [0.1, 0.15) is 0 Å². The topological polar surface area (TPSA) is 4.36 Å². The monoisotopic (exact) mass is 166 g/mol. The maximum absolute atomic E-state index is 4.15. The zero-order chi connectivity index (χ0) is 9.56. The van der Waals surface area contributed by atoms with Gasteiger partial charge in [-0.05, 0) is 31.0 Å². The molecule has 0 aromatic heterocycles. The van der Waals surface area contributed by atoms with Crippen LogP contribution >= 0.6 is 0 Å². The van der Waals surface area contributed by atoms with Crippen LogP contribution in [0.15, 0.2) is 11.8 Å². The molecular formula is C11H20N+. The predicted octanol–water partition coefficient (Wildman–Crippen LogP) is 3.93. The first-order chi connectivity index (χ1) is 5.57. The van der Waals surface area contributed by atoms with Crippen LogP contribution < -0.4 is 0 Å². The van der Waals surface area contributed by atoms with E-state index in [1.807, 2.05) is 20.0 Å². The lowest BCUT2D eigenvalue weighted by molar-refractivity contribution is 0.467. The second kappa shape index (κ2) is 5.83. The minimum absolute atomic E-state index is 0.501. The van der Waals surface area contributed by atoms with Crippen molar-refractivity contribution >= 4 is 0 Å². The molecule has 0 heterocycles. The molecule has 68 valence electrons. The summed E-state index contributed by atoms with van der Waals surface area (Å²) in [4.78, 5) is 4.15. The zero-order valence-electron chi connectivity index (χ0n) is 8.89. The summed E-state index contributed by atoms with van der Waals surface area (Å²) >= 11 is 0. The SMILES string of the molecule is CCC(C#[N+]C=C(C)C)C(C)C. The van der Waals surface area contributed by atoms with E-state index >= 15 is 0 Å². The molecule has 1 unspecified atom stereocenters. The first-order valence-electron chi connectivity index (χ1n) is 4.66. The van der Waals surface area contributed by atoms with Crippen LogP contribution in [0, 0.1) is 17.9 Å². The van der Waals surface area contributed by atoms with Crippen LogP contribution in [0.25, 0.3) is 4.85 Å². The smallest absolute Gasteiger partial charge is 0.0640 e. The lowest BCUT2D eigenvalue weighted by Crippen LogP contribution is -2.03. The first-order valence-corrected chi connectivity index (χ1v) is 4.66. The number of rotatable bonds is 2. The Bertz CT molecular complexity index is 199. The fourth-order valence-electron chi connectivity index (χ4n) is 0.974. The Labute approximate surface area is 76.3 Å². The molecule has 0 aromatic rings. The minimum atomic E-state index is 0.501. The maximum Gasteiger partial charge on any atom is 0.304 e. The molecule has 0 aliphatic rings. The quantitative estimate of drug-likeness (QED) is 0.585. The van der Waals surface area contributed by atoms with E-state index < -0.39 is 0 Å². The molecule has 1 nitrogen and oxygen atoms in total. The Morgan fingerprint density at radius 2 is 2.00 bits per heavy atom. The van der Waals surface area contributed by atoms with E-state index in [-0.39, 0.29) is 0 Å². The maximum atomic E-state index is 4.15. The van der Waals surface area contributed by atoms with Crippen molar-refractivity contribution in [2.24, 2.45) is 11.8 Å². The van der Waals surface area contributed by atoms with Crippen molar-refractivity contribution in [1.29, 1.82) is 0 Å². The number of nitrogens with zero attached hydrogens (tertiary/aromatic N) is 1. The molecule has 0 aliphatic carbocycles. The third kappa shape index (κ3) is 4.96. The molecule has 0 saturated carbocycles. The van der Waals surface area contributed by atoms with Crippen LogP contribution in [0.4, 0.5) is 0 Å². The highest BCUT2D eigenvalue weighted by Gasteiger charge is 2.12. The summed E-state index contributed by atoms with van der Waals surface area (Å²) in [5, 5.41) is 0. The molecule has 1 heteroatoms. The van der Waals surface area contributed by atoms with Crippen LogP contribution in [-0.4, -0.2) is 0 Å². The third-order valence-corrected chi connectivity index (χ3v) is 1.81. The summed E-state index contributed by atoms with van der Waals surface area (Å²) in [6, 6.07) is 3.15. The molecule has 0 aliphatic heterocycles. The van der Waals surface area contributed by atoms with Crippen molar-refractivity contribution in [3.8, 4) is 6.07 Å². The first kappa shape index (κ1) is 11.2. The zero-order valence-corrected chi connectivity index (χ0v) is 8.89. The lowest BCUT2D eigenvalue weighted by Gasteiger charge is -2.04. The highest BCUT2D eigenvalue weighted by Crippen LogP contribution is 2.13. The van der Waals surface area contributed by atoms with Gasteiger partial charge in [-0.25, -0.2) is 0 Å². The molecule has 0 saturated heterocycles. The number of hydrogen-bond acceptors (Lipinski definition) is 0. The predicted molar refractivity (Wildman–Crippen MR) is 55.3 cm³/mol.